The molecule has 0 spiro atoms. The van der Waals surface area contributed by atoms with E-state index in [0.717, 1.165) is 6.42 Å². The summed E-state index contributed by atoms with van der Waals surface area (Å²) in [7, 11) is 1.72. The number of aliphatic hydroxyl groups is 1. The molecule has 13 heavy (non-hydrogen) atoms. The molecule has 1 N–H and O–H groups in total. The van der Waals surface area contributed by atoms with Gasteiger partial charge in [-0.2, -0.15) is 0 Å². The van der Waals surface area contributed by atoms with Gasteiger partial charge in [0.1, 0.15) is 5.60 Å². The summed E-state index contributed by atoms with van der Waals surface area (Å²) in [5, 5.41) is 9.43. The molecule has 3 heteroatoms. The quantitative estimate of drug-likeness (QED) is 0.720. The molecule has 0 fully saturated rings. The Morgan fingerprint density at radius 2 is 1.92 bits per heavy atom. The van der Waals surface area contributed by atoms with E-state index in [1.165, 1.54) is 13.8 Å². The second kappa shape index (κ2) is 4.61. The number of nitrogens with zero attached hydrogens (tertiary/aromatic N) is 1. The molecule has 0 saturated heterocycles. The number of carbonyl (C=O) groups excluding carboxylic acids is 1. The van der Waals surface area contributed by atoms with E-state index in [-0.39, 0.29) is 5.91 Å². The molecule has 0 aromatic carbocycles. The van der Waals surface area contributed by atoms with E-state index in [1.54, 1.807) is 11.9 Å². The number of hydrogen-bond acceptors (Lipinski definition) is 2. The lowest BCUT2D eigenvalue weighted by atomic mass is 10.1. The van der Waals surface area contributed by atoms with Crippen LogP contribution in [0.3, 0.4) is 0 Å². The van der Waals surface area contributed by atoms with Crippen molar-refractivity contribution in [2.45, 2.75) is 39.7 Å². The van der Waals surface area contributed by atoms with E-state index in [9.17, 15) is 9.90 Å². The molecule has 0 bridgehead atoms. The van der Waals surface area contributed by atoms with E-state index in [1.807, 2.05) is 0 Å². The van der Waals surface area contributed by atoms with Gasteiger partial charge < -0.3 is 10.0 Å². The topological polar surface area (TPSA) is 40.5 Å². The Morgan fingerprint density at radius 1 is 1.46 bits per heavy atom. The van der Waals surface area contributed by atoms with Gasteiger partial charge in [0, 0.05) is 13.6 Å². The Kier molecular flexibility index (Phi) is 4.40. The van der Waals surface area contributed by atoms with Crippen LogP contribution in [-0.2, 0) is 4.79 Å². The zero-order valence-corrected chi connectivity index (χ0v) is 9.29. The maximum atomic E-state index is 11.5. The van der Waals surface area contributed by atoms with Gasteiger partial charge in [-0.05, 0) is 26.2 Å². The third-order valence-electron chi connectivity index (χ3n) is 1.91. The zero-order valence-electron chi connectivity index (χ0n) is 9.29. The van der Waals surface area contributed by atoms with Gasteiger partial charge in [0.25, 0.3) is 5.91 Å². The molecular formula is C10H21NO2. The second-order valence-corrected chi connectivity index (χ2v) is 4.47. The standard InChI is InChI=1S/C10H21NO2/c1-8(2)6-7-11(5)9(12)10(3,4)13/h8,13H,6-7H2,1-5H3. The fourth-order valence-corrected chi connectivity index (χ4v) is 1.02. The highest BCUT2D eigenvalue weighted by atomic mass is 16.3. The summed E-state index contributed by atoms with van der Waals surface area (Å²) in [6, 6.07) is 0. The summed E-state index contributed by atoms with van der Waals surface area (Å²) in [6.45, 7) is 7.97. The molecule has 78 valence electrons. The van der Waals surface area contributed by atoms with Gasteiger partial charge in [-0.15, -0.1) is 0 Å². The van der Waals surface area contributed by atoms with Gasteiger partial charge in [0.15, 0.2) is 0 Å². The molecular weight excluding hydrogens is 166 g/mol. The SMILES string of the molecule is CC(C)CCN(C)C(=O)C(C)(C)O. The van der Waals surface area contributed by atoms with Gasteiger partial charge in [-0.3, -0.25) is 4.79 Å². The van der Waals surface area contributed by atoms with E-state index in [2.05, 4.69) is 13.8 Å². The molecule has 0 saturated carbocycles. The number of likely N-dealkylation sites (N-methyl/N-ethyl adjacent to an activating group) is 1. The summed E-state index contributed by atoms with van der Waals surface area (Å²) in [5.74, 6) is 0.366. The van der Waals surface area contributed by atoms with Crippen LogP contribution in [0.1, 0.15) is 34.1 Å². The van der Waals surface area contributed by atoms with E-state index < -0.39 is 5.60 Å². The van der Waals surface area contributed by atoms with E-state index in [0.29, 0.717) is 12.5 Å². The first-order valence-electron chi connectivity index (χ1n) is 4.73. The van der Waals surface area contributed by atoms with Crippen LogP contribution in [0.2, 0.25) is 0 Å². The van der Waals surface area contributed by atoms with Gasteiger partial charge >= 0.3 is 0 Å². The summed E-state index contributed by atoms with van der Waals surface area (Å²) >= 11 is 0. The molecule has 3 nitrogen and oxygen atoms in total. The summed E-state index contributed by atoms with van der Waals surface area (Å²) < 4.78 is 0. The maximum absolute atomic E-state index is 11.5. The Labute approximate surface area is 80.7 Å². The minimum Gasteiger partial charge on any atom is -0.381 e. The van der Waals surface area contributed by atoms with Gasteiger partial charge in [-0.1, -0.05) is 13.8 Å². The Balaban J connectivity index is 3.98. The van der Waals surface area contributed by atoms with Crippen LogP contribution in [0.15, 0.2) is 0 Å². The molecule has 0 aliphatic carbocycles. The van der Waals surface area contributed by atoms with Crippen molar-refractivity contribution in [1.82, 2.24) is 4.90 Å². The fourth-order valence-electron chi connectivity index (χ4n) is 1.02. The van der Waals surface area contributed by atoms with Crippen molar-refractivity contribution in [2.24, 2.45) is 5.92 Å². The Hall–Kier alpha value is -0.570. The number of amides is 1. The molecule has 0 aromatic heterocycles. The monoisotopic (exact) mass is 187 g/mol. The first-order valence-corrected chi connectivity index (χ1v) is 4.73. The van der Waals surface area contributed by atoms with Crippen molar-refractivity contribution in [2.75, 3.05) is 13.6 Å². The molecule has 0 heterocycles. The van der Waals surface area contributed by atoms with Gasteiger partial charge in [0.2, 0.25) is 0 Å². The first-order chi connectivity index (χ1) is 5.75. The molecule has 0 aliphatic heterocycles. The normalized spacial score (nSPS) is 11.9. The van der Waals surface area contributed by atoms with Gasteiger partial charge in [0.05, 0.1) is 0 Å². The minimum absolute atomic E-state index is 0.215. The van der Waals surface area contributed by atoms with Crippen molar-refractivity contribution in [1.29, 1.82) is 0 Å². The molecule has 0 radical (unpaired) electrons. The molecule has 0 atom stereocenters. The number of rotatable bonds is 4. The van der Waals surface area contributed by atoms with Crippen molar-refractivity contribution in [3.05, 3.63) is 0 Å². The van der Waals surface area contributed by atoms with Crippen molar-refractivity contribution in [3.63, 3.8) is 0 Å². The molecule has 0 rings (SSSR count). The number of carbonyl (C=O) groups is 1. The maximum Gasteiger partial charge on any atom is 0.253 e. The van der Waals surface area contributed by atoms with E-state index in [4.69, 9.17) is 0 Å². The van der Waals surface area contributed by atoms with Crippen LogP contribution in [0, 0.1) is 5.92 Å². The van der Waals surface area contributed by atoms with Crippen LogP contribution in [0.4, 0.5) is 0 Å². The average Bonchev–Trinajstić information content (AvgIpc) is 1.96. The van der Waals surface area contributed by atoms with E-state index >= 15 is 0 Å². The molecule has 0 aromatic rings. The Morgan fingerprint density at radius 3 is 2.23 bits per heavy atom. The zero-order chi connectivity index (χ0) is 10.6. The lowest BCUT2D eigenvalue weighted by Gasteiger charge is -2.25. The Bertz CT molecular complexity index is 170. The van der Waals surface area contributed by atoms with Crippen molar-refractivity contribution in [3.8, 4) is 0 Å². The van der Waals surface area contributed by atoms with Crippen LogP contribution >= 0.6 is 0 Å². The second-order valence-electron chi connectivity index (χ2n) is 4.47. The van der Waals surface area contributed by atoms with Crippen LogP contribution in [-0.4, -0.2) is 35.1 Å². The molecule has 0 unspecified atom stereocenters. The lowest BCUT2D eigenvalue weighted by Crippen LogP contribution is -2.43. The fraction of sp³-hybridized carbons (Fsp3) is 0.900. The lowest BCUT2D eigenvalue weighted by molar-refractivity contribution is -0.146. The first kappa shape index (κ1) is 12.4. The third-order valence-corrected chi connectivity index (χ3v) is 1.91. The summed E-state index contributed by atoms with van der Waals surface area (Å²) in [6.07, 6.45) is 0.971. The van der Waals surface area contributed by atoms with Crippen molar-refractivity contribution >= 4 is 5.91 Å². The highest BCUT2D eigenvalue weighted by Gasteiger charge is 2.26. The van der Waals surface area contributed by atoms with Crippen LogP contribution in [0.5, 0.6) is 0 Å². The predicted molar refractivity (Wildman–Crippen MR) is 53.4 cm³/mol. The minimum atomic E-state index is -1.24. The highest BCUT2D eigenvalue weighted by Crippen LogP contribution is 2.08. The van der Waals surface area contributed by atoms with Crippen LogP contribution in [0.25, 0.3) is 0 Å². The van der Waals surface area contributed by atoms with Crippen LogP contribution < -0.4 is 0 Å². The largest absolute Gasteiger partial charge is 0.381 e. The summed E-state index contributed by atoms with van der Waals surface area (Å²) in [4.78, 5) is 13.0. The van der Waals surface area contributed by atoms with Crippen molar-refractivity contribution < 1.29 is 9.90 Å². The average molecular weight is 187 g/mol. The molecule has 1 amide bonds. The predicted octanol–water partition coefficient (Wildman–Crippen LogP) is 1.26. The smallest absolute Gasteiger partial charge is 0.253 e. The third kappa shape index (κ3) is 4.88. The summed E-state index contributed by atoms with van der Waals surface area (Å²) in [5.41, 5.74) is -1.24. The van der Waals surface area contributed by atoms with Gasteiger partial charge in [-0.25, -0.2) is 0 Å². The highest BCUT2D eigenvalue weighted by molar-refractivity contribution is 5.83. The number of hydrogen-bond donors (Lipinski definition) is 1. The molecule has 0 aliphatic rings.